The third kappa shape index (κ3) is 5.31. The van der Waals surface area contributed by atoms with Crippen molar-refractivity contribution < 1.29 is 13.9 Å². The van der Waals surface area contributed by atoms with E-state index in [1.807, 2.05) is 30.4 Å². The molecule has 0 N–H and O–H groups in total. The third-order valence-corrected chi connectivity index (χ3v) is 2.56. The van der Waals surface area contributed by atoms with E-state index in [0.29, 0.717) is 19.1 Å². The highest BCUT2D eigenvalue weighted by Crippen LogP contribution is 2.17. The first-order chi connectivity index (χ1) is 10.4. The van der Waals surface area contributed by atoms with E-state index in [0.717, 1.165) is 11.3 Å². The van der Waals surface area contributed by atoms with Crippen molar-refractivity contribution in [2.45, 2.75) is 0 Å². The molecule has 0 aliphatic rings. The summed E-state index contributed by atoms with van der Waals surface area (Å²) in [6, 6.07) is 10.3. The van der Waals surface area contributed by atoms with Crippen LogP contribution in [0, 0.1) is 6.07 Å². The van der Waals surface area contributed by atoms with Crippen LogP contribution in [0.2, 0.25) is 0 Å². The number of nitrogens with zero attached hydrogens (tertiary/aromatic N) is 2. The fraction of sp³-hybridized carbons (Fsp3) is 0.250. The summed E-state index contributed by atoms with van der Waals surface area (Å²) < 4.78 is 22.4. The summed E-state index contributed by atoms with van der Waals surface area (Å²) in [4.78, 5) is 8.34. The Hall–Kier alpha value is -2.27. The summed E-state index contributed by atoms with van der Waals surface area (Å²) in [7, 11) is 0. The number of hydrogen-bond donors (Lipinski definition) is 0. The maximum absolute atomic E-state index is 11.9. The van der Waals surface area contributed by atoms with E-state index in [4.69, 9.17) is 9.47 Å². The van der Waals surface area contributed by atoms with Crippen molar-refractivity contribution in [2.24, 2.45) is 0 Å². The Morgan fingerprint density at radius 3 is 2.90 bits per heavy atom. The summed E-state index contributed by atoms with van der Waals surface area (Å²) >= 11 is 0. The SMILES string of the molecule is FCCOCCOc1ncccc1/C=C/c1cc[c]cn1. The number of alkyl halides is 1. The molecule has 0 spiro atoms. The Morgan fingerprint density at radius 2 is 2.10 bits per heavy atom. The molecule has 0 aliphatic heterocycles. The Morgan fingerprint density at radius 1 is 1.14 bits per heavy atom. The molecule has 2 heterocycles. The van der Waals surface area contributed by atoms with Gasteiger partial charge in [-0.25, -0.2) is 9.37 Å². The molecule has 0 atom stereocenters. The van der Waals surface area contributed by atoms with Gasteiger partial charge in [0.05, 0.1) is 18.9 Å². The van der Waals surface area contributed by atoms with Gasteiger partial charge in [0, 0.05) is 24.0 Å². The van der Waals surface area contributed by atoms with Gasteiger partial charge in [-0.1, -0.05) is 6.07 Å². The van der Waals surface area contributed by atoms with Gasteiger partial charge in [0.25, 0.3) is 0 Å². The minimum absolute atomic E-state index is 0.0923. The van der Waals surface area contributed by atoms with Gasteiger partial charge >= 0.3 is 0 Å². The Bertz CT molecular complexity index is 561. The van der Waals surface area contributed by atoms with Crippen molar-refractivity contribution in [3.05, 3.63) is 54.0 Å². The van der Waals surface area contributed by atoms with Crippen LogP contribution in [0.15, 0.2) is 36.7 Å². The molecule has 0 aliphatic carbocycles. The van der Waals surface area contributed by atoms with Gasteiger partial charge in [-0.05, 0) is 30.4 Å². The monoisotopic (exact) mass is 287 g/mol. The zero-order valence-electron chi connectivity index (χ0n) is 11.5. The van der Waals surface area contributed by atoms with Crippen molar-refractivity contribution in [2.75, 3.05) is 26.5 Å². The first kappa shape index (κ1) is 15.1. The molecule has 21 heavy (non-hydrogen) atoms. The molecule has 2 aromatic heterocycles. The largest absolute Gasteiger partial charge is 0.475 e. The molecule has 4 nitrogen and oxygen atoms in total. The minimum atomic E-state index is -0.487. The Balaban J connectivity index is 1.95. The van der Waals surface area contributed by atoms with Crippen LogP contribution in [0.4, 0.5) is 4.39 Å². The number of hydrogen-bond acceptors (Lipinski definition) is 4. The summed E-state index contributed by atoms with van der Waals surface area (Å²) in [6.07, 6.45) is 7.03. The van der Waals surface area contributed by atoms with Crippen LogP contribution in [-0.4, -0.2) is 36.5 Å². The van der Waals surface area contributed by atoms with Crippen LogP contribution in [-0.2, 0) is 4.74 Å². The van der Waals surface area contributed by atoms with Gasteiger partial charge in [-0.2, -0.15) is 0 Å². The highest BCUT2D eigenvalue weighted by atomic mass is 19.1. The second-order valence-electron chi connectivity index (χ2n) is 4.06. The topological polar surface area (TPSA) is 44.2 Å². The quantitative estimate of drug-likeness (QED) is 0.700. The smallest absolute Gasteiger partial charge is 0.220 e. The summed E-state index contributed by atoms with van der Waals surface area (Å²) in [5.74, 6) is 0.514. The first-order valence-corrected chi connectivity index (χ1v) is 6.62. The molecule has 0 bridgehead atoms. The van der Waals surface area contributed by atoms with Gasteiger partial charge in [0.2, 0.25) is 5.88 Å². The first-order valence-electron chi connectivity index (χ1n) is 6.62. The van der Waals surface area contributed by atoms with Crippen molar-refractivity contribution in [1.82, 2.24) is 9.97 Å². The van der Waals surface area contributed by atoms with E-state index in [9.17, 15) is 4.39 Å². The van der Waals surface area contributed by atoms with Gasteiger partial charge in [-0.3, -0.25) is 4.98 Å². The van der Waals surface area contributed by atoms with Gasteiger partial charge in [0.15, 0.2) is 0 Å². The van der Waals surface area contributed by atoms with Crippen LogP contribution in [0.5, 0.6) is 5.88 Å². The molecule has 2 aromatic rings. The normalized spacial score (nSPS) is 10.9. The lowest BCUT2D eigenvalue weighted by atomic mass is 10.2. The van der Waals surface area contributed by atoms with Crippen molar-refractivity contribution in [3.8, 4) is 5.88 Å². The van der Waals surface area contributed by atoms with E-state index in [-0.39, 0.29) is 6.61 Å². The molecular formula is C16H16FN2O2. The van der Waals surface area contributed by atoms with Gasteiger partial charge in [-0.15, -0.1) is 0 Å². The molecule has 2 rings (SSSR count). The molecule has 1 radical (unpaired) electrons. The van der Waals surface area contributed by atoms with E-state index in [1.54, 1.807) is 18.5 Å². The number of aromatic nitrogens is 2. The molecule has 5 heteroatoms. The van der Waals surface area contributed by atoms with Crippen molar-refractivity contribution >= 4 is 12.2 Å². The van der Waals surface area contributed by atoms with E-state index >= 15 is 0 Å². The number of halogens is 1. The third-order valence-electron chi connectivity index (χ3n) is 2.56. The van der Waals surface area contributed by atoms with Crippen LogP contribution in [0.1, 0.15) is 11.3 Å². The lowest BCUT2D eigenvalue weighted by Crippen LogP contribution is -2.09. The standard InChI is InChI=1S/C16H16FN2O2/c17-8-11-20-12-13-21-16-14(4-3-10-19-16)6-7-15-5-1-2-9-18-15/h1,3-7,9-10H,8,11-13H2/b7-6+. The van der Waals surface area contributed by atoms with Gasteiger partial charge < -0.3 is 9.47 Å². The molecule has 0 aromatic carbocycles. The zero-order valence-corrected chi connectivity index (χ0v) is 11.5. The lowest BCUT2D eigenvalue weighted by Gasteiger charge is -2.07. The maximum Gasteiger partial charge on any atom is 0.220 e. The average molecular weight is 287 g/mol. The summed E-state index contributed by atoms with van der Waals surface area (Å²) in [5.41, 5.74) is 1.67. The fourth-order valence-corrected chi connectivity index (χ4v) is 1.61. The van der Waals surface area contributed by atoms with E-state index in [2.05, 4.69) is 16.0 Å². The predicted molar refractivity (Wildman–Crippen MR) is 78.5 cm³/mol. The average Bonchev–Trinajstić information content (AvgIpc) is 2.55. The molecule has 109 valence electrons. The molecule has 0 saturated heterocycles. The number of rotatable bonds is 8. The molecule has 0 amide bonds. The highest BCUT2D eigenvalue weighted by molar-refractivity contribution is 5.70. The lowest BCUT2D eigenvalue weighted by molar-refractivity contribution is 0.0883. The second-order valence-corrected chi connectivity index (χ2v) is 4.06. The van der Waals surface area contributed by atoms with Crippen LogP contribution in [0.3, 0.4) is 0 Å². The van der Waals surface area contributed by atoms with Crippen LogP contribution < -0.4 is 4.74 Å². The van der Waals surface area contributed by atoms with Crippen LogP contribution in [0.25, 0.3) is 12.2 Å². The zero-order chi connectivity index (χ0) is 14.8. The molecule has 0 saturated carbocycles. The summed E-state index contributed by atoms with van der Waals surface area (Å²) in [6.45, 7) is 0.268. The minimum Gasteiger partial charge on any atom is -0.475 e. The molecule has 0 fully saturated rings. The van der Waals surface area contributed by atoms with Gasteiger partial charge in [0.1, 0.15) is 13.3 Å². The van der Waals surface area contributed by atoms with Crippen molar-refractivity contribution in [3.63, 3.8) is 0 Å². The van der Waals surface area contributed by atoms with E-state index < -0.39 is 6.67 Å². The predicted octanol–water partition coefficient (Wildman–Crippen LogP) is 2.81. The molecule has 0 unspecified atom stereocenters. The maximum atomic E-state index is 11.9. The Kier molecular flexibility index (Phi) is 6.35. The fourth-order valence-electron chi connectivity index (χ4n) is 1.61. The Labute approximate surface area is 123 Å². The second kappa shape index (κ2) is 8.81. The highest BCUT2D eigenvalue weighted by Gasteiger charge is 2.01. The number of pyridine rings is 2. The number of ether oxygens (including phenoxy) is 2. The van der Waals surface area contributed by atoms with Crippen molar-refractivity contribution in [1.29, 1.82) is 0 Å². The molecular weight excluding hydrogens is 271 g/mol. The summed E-state index contributed by atoms with van der Waals surface area (Å²) in [5, 5.41) is 0. The van der Waals surface area contributed by atoms with E-state index in [1.165, 1.54) is 0 Å². The van der Waals surface area contributed by atoms with Crippen LogP contribution >= 0.6 is 0 Å².